The number of aromatic hydroxyl groups is 1. The van der Waals surface area contributed by atoms with Crippen LogP contribution in [0.15, 0.2) is 45.9 Å². The summed E-state index contributed by atoms with van der Waals surface area (Å²) in [5.41, 5.74) is 3.91. The number of nitrogens with one attached hydrogen (secondary N) is 1. The predicted octanol–water partition coefficient (Wildman–Crippen LogP) is 4.78. The van der Waals surface area contributed by atoms with Crippen molar-refractivity contribution in [3.8, 4) is 17.6 Å². The van der Waals surface area contributed by atoms with Crippen LogP contribution in [0, 0.1) is 18.8 Å². The van der Waals surface area contributed by atoms with E-state index in [2.05, 4.69) is 27.1 Å². The minimum absolute atomic E-state index is 0.0747. The summed E-state index contributed by atoms with van der Waals surface area (Å²) in [6, 6.07) is 9.36. The maximum absolute atomic E-state index is 12.7. The van der Waals surface area contributed by atoms with Crippen LogP contribution < -0.4 is 5.32 Å². The van der Waals surface area contributed by atoms with Crippen molar-refractivity contribution < 1.29 is 19.1 Å². The Balaban J connectivity index is 1.68. The molecule has 2 N–H and O–H groups in total. The van der Waals surface area contributed by atoms with Gasteiger partial charge in [-0.15, -0.1) is 0 Å². The molecule has 4 rings (SSSR count). The molecule has 0 aliphatic carbocycles. The first kappa shape index (κ1) is 23.8. The van der Waals surface area contributed by atoms with Crippen LogP contribution in [0.5, 0.6) is 5.75 Å². The molecule has 35 heavy (non-hydrogen) atoms. The van der Waals surface area contributed by atoms with Crippen LogP contribution in [0.2, 0.25) is 0 Å². The molecule has 0 bridgehead atoms. The van der Waals surface area contributed by atoms with Crippen LogP contribution >= 0.6 is 0 Å². The number of esters is 1. The minimum atomic E-state index is -0.688. The first-order valence-electron chi connectivity index (χ1n) is 11.1. The van der Waals surface area contributed by atoms with Gasteiger partial charge in [0.15, 0.2) is 22.9 Å². The second kappa shape index (κ2) is 10.3. The van der Waals surface area contributed by atoms with Crippen LogP contribution in [-0.2, 0) is 4.74 Å². The fourth-order valence-electron chi connectivity index (χ4n) is 3.50. The highest BCUT2D eigenvalue weighted by atomic mass is 16.5. The summed E-state index contributed by atoms with van der Waals surface area (Å²) in [6.45, 7) is 4.44. The normalized spacial score (nSPS) is 13.0. The van der Waals surface area contributed by atoms with Gasteiger partial charge in [-0.3, -0.25) is 4.90 Å². The summed E-state index contributed by atoms with van der Waals surface area (Å²) < 4.78 is 11.1. The Morgan fingerprint density at radius 2 is 2.14 bits per heavy atom. The van der Waals surface area contributed by atoms with Gasteiger partial charge in [0.25, 0.3) is 0 Å². The first-order valence-corrected chi connectivity index (χ1v) is 11.1. The number of ether oxygens (including phenoxy) is 1. The van der Waals surface area contributed by atoms with E-state index in [9.17, 15) is 9.90 Å². The van der Waals surface area contributed by atoms with Crippen LogP contribution in [0.25, 0.3) is 11.6 Å². The maximum atomic E-state index is 12.7. The minimum Gasteiger partial charge on any atom is -0.504 e. The number of furan rings is 1. The molecule has 0 fully saturated rings. The quantitative estimate of drug-likeness (QED) is 0.395. The highest BCUT2D eigenvalue weighted by molar-refractivity contribution is 6.21. The average Bonchev–Trinajstić information content (AvgIpc) is 3.36. The van der Waals surface area contributed by atoms with Crippen molar-refractivity contribution in [1.29, 1.82) is 0 Å². The number of hydrogen-bond donors (Lipinski definition) is 2. The van der Waals surface area contributed by atoms with Gasteiger partial charge >= 0.3 is 5.97 Å². The van der Waals surface area contributed by atoms with Gasteiger partial charge in [-0.05, 0) is 69.9 Å². The number of fused-ring (bicyclic) bond motifs is 1. The van der Waals surface area contributed by atoms with E-state index in [1.807, 2.05) is 50.2 Å². The summed E-state index contributed by atoms with van der Waals surface area (Å²) in [5.74, 6) is 6.02. The number of allylic oxidation sites excluding steroid dienone is 1. The highest BCUT2D eigenvalue weighted by Crippen LogP contribution is 2.39. The van der Waals surface area contributed by atoms with E-state index in [1.54, 1.807) is 31.5 Å². The van der Waals surface area contributed by atoms with Gasteiger partial charge in [-0.1, -0.05) is 11.8 Å². The first-order chi connectivity index (χ1) is 16.9. The number of carbonyl (C=O) groups excluding carboxylic acids is 1. The van der Waals surface area contributed by atoms with Gasteiger partial charge in [-0.2, -0.15) is 0 Å². The van der Waals surface area contributed by atoms with Gasteiger partial charge in [0, 0.05) is 34.8 Å². The Kier molecular flexibility index (Phi) is 6.99. The zero-order valence-electron chi connectivity index (χ0n) is 20.0. The Labute approximate surface area is 204 Å². The maximum Gasteiger partial charge on any atom is 0.347 e. The number of rotatable bonds is 6. The lowest BCUT2D eigenvalue weighted by Gasteiger charge is -2.09. The third kappa shape index (κ3) is 5.26. The number of aromatic nitrogens is 1. The fourth-order valence-corrected chi connectivity index (χ4v) is 3.50. The van der Waals surface area contributed by atoms with Crippen LogP contribution in [-0.4, -0.2) is 54.4 Å². The molecule has 0 radical (unpaired) electrons. The summed E-state index contributed by atoms with van der Waals surface area (Å²) in [5, 5.41) is 14.0. The lowest BCUT2D eigenvalue weighted by Crippen LogP contribution is -2.10. The predicted molar refractivity (Wildman–Crippen MR) is 136 cm³/mol. The molecule has 178 valence electrons. The molecule has 0 spiro atoms. The molecule has 0 unspecified atom stereocenters. The molecule has 2 aromatic heterocycles. The van der Waals surface area contributed by atoms with Gasteiger partial charge in [0.2, 0.25) is 5.88 Å². The van der Waals surface area contributed by atoms with Crippen molar-refractivity contribution >= 4 is 41.2 Å². The summed E-state index contributed by atoms with van der Waals surface area (Å²) in [7, 11) is 3.93. The number of aliphatic imine (C=N–C) groups is 1. The van der Waals surface area contributed by atoms with Crippen molar-refractivity contribution in [3.63, 3.8) is 0 Å². The largest absolute Gasteiger partial charge is 0.504 e. The molecule has 0 amide bonds. The van der Waals surface area contributed by atoms with Crippen LogP contribution in [0.4, 0.5) is 17.4 Å². The monoisotopic (exact) mass is 470 g/mol. The van der Waals surface area contributed by atoms with E-state index in [0.29, 0.717) is 23.6 Å². The van der Waals surface area contributed by atoms with Crippen molar-refractivity contribution in [2.24, 2.45) is 4.99 Å². The molecule has 0 saturated heterocycles. The van der Waals surface area contributed by atoms with E-state index < -0.39 is 5.97 Å². The molecule has 3 heterocycles. The van der Waals surface area contributed by atoms with E-state index in [1.165, 1.54) is 0 Å². The molecule has 3 aromatic rings. The summed E-state index contributed by atoms with van der Waals surface area (Å²) in [6.07, 6.45) is 4.92. The number of nitrogens with zero attached hydrogens (tertiary/aromatic N) is 3. The summed E-state index contributed by atoms with van der Waals surface area (Å²) in [4.78, 5) is 23.2. The van der Waals surface area contributed by atoms with Crippen molar-refractivity contribution in [2.45, 2.75) is 13.8 Å². The van der Waals surface area contributed by atoms with Crippen molar-refractivity contribution in [3.05, 3.63) is 64.5 Å². The molecule has 8 heteroatoms. The smallest absolute Gasteiger partial charge is 0.347 e. The number of hydrogen-bond acceptors (Lipinski definition) is 8. The highest BCUT2D eigenvalue weighted by Gasteiger charge is 2.27. The molecule has 1 aromatic carbocycles. The SMILES string of the molecule is CCOC(=O)c1c(Nc2ccc(C#CCN(C)C)cc2C)oc(C=C2C=Nc3ncccc32)c1O. The zero-order valence-corrected chi connectivity index (χ0v) is 20.0. The Morgan fingerprint density at radius 1 is 1.31 bits per heavy atom. The molecule has 1 aliphatic rings. The lowest BCUT2D eigenvalue weighted by molar-refractivity contribution is 0.0524. The van der Waals surface area contributed by atoms with E-state index in [-0.39, 0.29) is 29.6 Å². The second-order valence-electron chi connectivity index (χ2n) is 8.17. The molecule has 0 saturated carbocycles. The average molecular weight is 471 g/mol. The molecule has 1 aliphatic heterocycles. The number of anilines is 2. The topological polar surface area (TPSA) is 100 Å². The Bertz CT molecular complexity index is 1390. The second-order valence-corrected chi connectivity index (χ2v) is 8.17. The van der Waals surface area contributed by atoms with E-state index in [0.717, 1.165) is 16.7 Å². The van der Waals surface area contributed by atoms with E-state index >= 15 is 0 Å². The van der Waals surface area contributed by atoms with Crippen LogP contribution in [0.3, 0.4) is 0 Å². The van der Waals surface area contributed by atoms with Crippen molar-refractivity contribution in [1.82, 2.24) is 9.88 Å². The number of benzene rings is 1. The number of pyridine rings is 1. The van der Waals surface area contributed by atoms with Gasteiger partial charge < -0.3 is 19.6 Å². The van der Waals surface area contributed by atoms with Crippen LogP contribution in [0.1, 0.15) is 39.7 Å². The standard InChI is InChI=1S/C27H26N4O4/c1-5-34-27(33)23-24(32)22(15-19-16-29-25-20(19)9-6-12-28-25)35-26(23)30-21-11-10-18(14-17(21)2)8-7-13-31(3)4/h6,9-12,14-16,30,32H,5,13H2,1-4H3. The number of aryl methyl sites for hydroxylation is 1. The molecule has 8 nitrogen and oxygen atoms in total. The van der Waals surface area contributed by atoms with Crippen molar-refractivity contribution in [2.75, 3.05) is 32.6 Å². The van der Waals surface area contributed by atoms with Gasteiger partial charge in [-0.25, -0.2) is 14.8 Å². The fraction of sp³-hybridized carbons (Fsp3) is 0.222. The third-order valence-corrected chi connectivity index (χ3v) is 5.20. The molecule has 0 atom stereocenters. The summed E-state index contributed by atoms with van der Waals surface area (Å²) >= 11 is 0. The van der Waals surface area contributed by atoms with Gasteiger partial charge in [0.05, 0.1) is 13.2 Å². The molecular weight excluding hydrogens is 444 g/mol. The third-order valence-electron chi connectivity index (χ3n) is 5.20. The Hall–Kier alpha value is -4.35. The zero-order chi connectivity index (χ0) is 24.9. The van der Waals surface area contributed by atoms with Gasteiger partial charge in [0.1, 0.15) is 0 Å². The molecular formula is C27H26N4O4. The lowest BCUT2D eigenvalue weighted by atomic mass is 10.1. The Morgan fingerprint density at radius 3 is 2.89 bits per heavy atom. The number of carbonyl (C=O) groups is 1. The van der Waals surface area contributed by atoms with E-state index in [4.69, 9.17) is 9.15 Å².